The maximum absolute atomic E-state index is 11.9. The number of hydrogen-bond donors (Lipinski definition) is 2. The van der Waals surface area contributed by atoms with Gasteiger partial charge in [0.1, 0.15) is 0 Å². The molecule has 0 atom stereocenters. The predicted octanol–water partition coefficient (Wildman–Crippen LogP) is 3.64. The molecule has 2 N–H and O–H groups in total. The Morgan fingerprint density at radius 1 is 1.17 bits per heavy atom. The number of halogens is 3. The van der Waals surface area contributed by atoms with Crippen molar-refractivity contribution in [3.05, 3.63) is 68.1 Å². The zero-order valence-corrected chi connectivity index (χ0v) is 15.3. The molecule has 0 saturated carbocycles. The quantitative estimate of drug-likeness (QED) is 0.563. The molecule has 0 aliphatic carbocycles. The number of amides is 2. The third-order valence-electron chi connectivity index (χ3n) is 2.87. The van der Waals surface area contributed by atoms with Gasteiger partial charge < -0.3 is 5.32 Å². The lowest BCUT2D eigenvalue weighted by molar-refractivity contribution is -0.120. The van der Waals surface area contributed by atoms with Gasteiger partial charge >= 0.3 is 0 Å². The summed E-state index contributed by atoms with van der Waals surface area (Å²) in [6.45, 7) is -0.202. The molecule has 2 aromatic rings. The van der Waals surface area contributed by atoms with E-state index in [1.165, 1.54) is 6.21 Å². The maximum Gasteiger partial charge on any atom is 0.259 e. The highest BCUT2D eigenvalue weighted by Gasteiger charge is 2.08. The van der Waals surface area contributed by atoms with Gasteiger partial charge in [-0.05, 0) is 24.3 Å². The molecule has 0 bridgehead atoms. The second-order valence-electron chi connectivity index (χ2n) is 4.63. The summed E-state index contributed by atoms with van der Waals surface area (Å²) in [4.78, 5) is 23.6. The van der Waals surface area contributed by atoms with Gasteiger partial charge in [-0.1, -0.05) is 57.3 Å². The van der Waals surface area contributed by atoms with Gasteiger partial charge in [-0.3, -0.25) is 9.59 Å². The van der Waals surface area contributed by atoms with E-state index in [1.807, 2.05) is 0 Å². The summed E-state index contributed by atoms with van der Waals surface area (Å²) in [6.07, 6.45) is 1.38. The molecule has 24 heavy (non-hydrogen) atoms. The second kappa shape index (κ2) is 8.82. The van der Waals surface area contributed by atoms with Crippen molar-refractivity contribution < 1.29 is 9.59 Å². The van der Waals surface area contributed by atoms with E-state index >= 15 is 0 Å². The van der Waals surface area contributed by atoms with Gasteiger partial charge in [-0.15, -0.1) is 0 Å². The van der Waals surface area contributed by atoms with Gasteiger partial charge in [0.25, 0.3) is 11.8 Å². The Morgan fingerprint density at radius 3 is 2.67 bits per heavy atom. The summed E-state index contributed by atoms with van der Waals surface area (Å²) < 4.78 is 0.780. The van der Waals surface area contributed by atoms with Crippen LogP contribution in [-0.2, 0) is 4.79 Å². The summed E-state index contributed by atoms with van der Waals surface area (Å²) in [7, 11) is 0. The summed E-state index contributed by atoms with van der Waals surface area (Å²) in [5, 5.41) is 7.03. The fourth-order valence-electron chi connectivity index (χ4n) is 1.73. The summed E-state index contributed by atoms with van der Waals surface area (Å²) in [5.74, 6) is -0.818. The van der Waals surface area contributed by atoms with Crippen LogP contribution in [0.2, 0.25) is 10.0 Å². The van der Waals surface area contributed by atoms with Crippen molar-refractivity contribution in [3.63, 3.8) is 0 Å². The maximum atomic E-state index is 11.9. The van der Waals surface area contributed by atoms with Crippen molar-refractivity contribution in [2.45, 2.75) is 0 Å². The minimum atomic E-state index is -0.465. The first-order valence-corrected chi connectivity index (χ1v) is 8.32. The Balaban J connectivity index is 1.84. The molecule has 0 aromatic heterocycles. The van der Waals surface area contributed by atoms with Crippen LogP contribution in [0.5, 0.6) is 0 Å². The number of carbonyl (C=O) groups is 2. The van der Waals surface area contributed by atoms with Crippen molar-refractivity contribution in [3.8, 4) is 0 Å². The van der Waals surface area contributed by atoms with E-state index in [1.54, 1.807) is 42.5 Å². The molecule has 2 rings (SSSR count). The van der Waals surface area contributed by atoms with Crippen LogP contribution >= 0.6 is 39.1 Å². The first-order valence-electron chi connectivity index (χ1n) is 6.77. The fourth-order valence-corrected chi connectivity index (χ4v) is 2.48. The molecule has 0 saturated heterocycles. The van der Waals surface area contributed by atoms with Gasteiger partial charge in [0.2, 0.25) is 0 Å². The number of hydrogen-bond acceptors (Lipinski definition) is 3. The molecule has 0 radical (unpaired) electrons. The first kappa shape index (κ1) is 18.4. The zero-order chi connectivity index (χ0) is 17.5. The fraction of sp³-hybridized carbons (Fsp3) is 0.0625. The van der Waals surface area contributed by atoms with E-state index in [-0.39, 0.29) is 12.5 Å². The SMILES string of the molecule is O=C(CNC(=O)c1cccc(Br)c1)N/N=C/c1cccc(Cl)c1Cl. The molecule has 2 aromatic carbocycles. The Kier molecular flexibility index (Phi) is 6.78. The number of nitrogens with zero attached hydrogens (tertiary/aromatic N) is 1. The van der Waals surface area contributed by atoms with E-state index in [0.29, 0.717) is 21.2 Å². The van der Waals surface area contributed by atoms with Gasteiger partial charge in [0, 0.05) is 15.6 Å². The van der Waals surface area contributed by atoms with E-state index in [2.05, 4.69) is 31.8 Å². The van der Waals surface area contributed by atoms with Gasteiger partial charge in [0.05, 0.1) is 22.8 Å². The molecule has 0 fully saturated rings. The number of rotatable bonds is 5. The minimum Gasteiger partial charge on any atom is -0.343 e. The highest BCUT2D eigenvalue weighted by atomic mass is 79.9. The van der Waals surface area contributed by atoms with Crippen LogP contribution < -0.4 is 10.7 Å². The van der Waals surface area contributed by atoms with Crippen molar-refractivity contribution in [1.29, 1.82) is 0 Å². The molecule has 0 spiro atoms. The molecular formula is C16H12BrCl2N3O2. The number of nitrogens with one attached hydrogen (secondary N) is 2. The van der Waals surface area contributed by atoms with Crippen molar-refractivity contribution in [2.24, 2.45) is 5.10 Å². The normalized spacial score (nSPS) is 10.6. The highest BCUT2D eigenvalue weighted by molar-refractivity contribution is 9.10. The van der Waals surface area contributed by atoms with Crippen LogP contribution in [0.4, 0.5) is 0 Å². The molecule has 0 aliphatic heterocycles. The van der Waals surface area contributed by atoms with Crippen LogP contribution in [0.1, 0.15) is 15.9 Å². The third-order valence-corrected chi connectivity index (χ3v) is 4.20. The van der Waals surface area contributed by atoms with E-state index < -0.39 is 5.91 Å². The minimum absolute atomic E-state index is 0.202. The second-order valence-corrected chi connectivity index (χ2v) is 6.33. The monoisotopic (exact) mass is 427 g/mol. The molecule has 0 unspecified atom stereocenters. The highest BCUT2D eigenvalue weighted by Crippen LogP contribution is 2.24. The van der Waals surface area contributed by atoms with Crippen LogP contribution in [0.15, 0.2) is 52.0 Å². The number of benzene rings is 2. The van der Waals surface area contributed by atoms with Gasteiger partial charge in [-0.2, -0.15) is 5.10 Å². The molecule has 0 aliphatic rings. The molecular weight excluding hydrogens is 417 g/mol. The molecule has 0 heterocycles. The standard InChI is InChI=1S/C16H12BrCl2N3O2/c17-12-5-1-3-10(7-12)16(24)20-9-14(23)22-21-8-11-4-2-6-13(18)15(11)19/h1-8H,9H2,(H,20,24)(H,22,23)/b21-8+. The van der Waals surface area contributed by atoms with Crippen LogP contribution in [0.25, 0.3) is 0 Å². The lowest BCUT2D eigenvalue weighted by Crippen LogP contribution is -2.34. The van der Waals surface area contributed by atoms with E-state index in [9.17, 15) is 9.59 Å². The van der Waals surface area contributed by atoms with Crippen LogP contribution in [0, 0.1) is 0 Å². The Hall–Kier alpha value is -1.89. The predicted molar refractivity (Wildman–Crippen MR) is 98.7 cm³/mol. The van der Waals surface area contributed by atoms with Crippen LogP contribution in [-0.4, -0.2) is 24.6 Å². The Labute approximate surface area is 157 Å². The number of hydrazone groups is 1. The first-order chi connectivity index (χ1) is 11.5. The summed E-state index contributed by atoms with van der Waals surface area (Å²) in [5.41, 5.74) is 3.32. The molecule has 124 valence electrons. The van der Waals surface area contributed by atoms with Crippen molar-refractivity contribution >= 4 is 57.2 Å². The Bertz CT molecular complexity index is 797. The molecule has 5 nitrogen and oxygen atoms in total. The lowest BCUT2D eigenvalue weighted by atomic mass is 10.2. The van der Waals surface area contributed by atoms with Crippen LogP contribution in [0.3, 0.4) is 0 Å². The van der Waals surface area contributed by atoms with Gasteiger partial charge in [-0.25, -0.2) is 5.43 Å². The van der Waals surface area contributed by atoms with Crippen molar-refractivity contribution in [1.82, 2.24) is 10.7 Å². The largest absolute Gasteiger partial charge is 0.343 e. The smallest absolute Gasteiger partial charge is 0.259 e. The number of carbonyl (C=O) groups excluding carboxylic acids is 2. The average molecular weight is 429 g/mol. The molecule has 2 amide bonds. The Morgan fingerprint density at radius 2 is 1.92 bits per heavy atom. The van der Waals surface area contributed by atoms with Crippen molar-refractivity contribution in [2.75, 3.05) is 6.54 Å². The third kappa shape index (κ3) is 5.33. The van der Waals surface area contributed by atoms with E-state index in [0.717, 1.165) is 4.47 Å². The molecule has 8 heteroatoms. The lowest BCUT2D eigenvalue weighted by Gasteiger charge is -2.05. The van der Waals surface area contributed by atoms with Gasteiger partial charge in [0.15, 0.2) is 0 Å². The average Bonchev–Trinajstić information content (AvgIpc) is 2.56. The topological polar surface area (TPSA) is 70.6 Å². The summed E-state index contributed by atoms with van der Waals surface area (Å²) in [6, 6.07) is 11.9. The summed E-state index contributed by atoms with van der Waals surface area (Å²) >= 11 is 15.2. The van der Waals surface area contributed by atoms with E-state index in [4.69, 9.17) is 23.2 Å². The zero-order valence-electron chi connectivity index (χ0n) is 12.2.